The summed E-state index contributed by atoms with van der Waals surface area (Å²) in [7, 11) is 0. The van der Waals surface area contributed by atoms with Crippen molar-refractivity contribution in [2.75, 3.05) is 11.1 Å². The molecule has 0 saturated heterocycles. The van der Waals surface area contributed by atoms with Crippen LogP contribution in [0.5, 0.6) is 0 Å². The molecule has 0 saturated carbocycles. The van der Waals surface area contributed by atoms with Crippen molar-refractivity contribution >= 4 is 35.0 Å². The monoisotopic (exact) mass is 474 g/mol. The number of hydrogen-bond donors (Lipinski definition) is 1. The van der Waals surface area contributed by atoms with Gasteiger partial charge in [-0.3, -0.25) is 9.36 Å². The van der Waals surface area contributed by atoms with Gasteiger partial charge in [-0.25, -0.2) is 13.2 Å². The zero-order valence-corrected chi connectivity index (χ0v) is 17.8. The lowest BCUT2D eigenvalue weighted by atomic mass is 10.2. The minimum atomic E-state index is -0.890. The molecule has 0 aliphatic rings. The van der Waals surface area contributed by atoms with E-state index in [1.165, 1.54) is 22.8 Å². The Balaban J connectivity index is 1.65. The van der Waals surface area contributed by atoms with E-state index in [0.29, 0.717) is 10.6 Å². The molecule has 1 aromatic heterocycles. The third kappa shape index (κ3) is 4.49. The molecule has 1 heterocycles. The number of amides is 1. The number of aromatic nitrogens is 3. The van der Waals surface area contributed by atoms with Gasteiger partial charge in [-0.15, -0.1) is 10.2 Å². The van der Waals surface area contributed by atoms with Gasteiger partial charge in [0.05, 0.1) is 16.5 Å². The van der Waals surface area contributed by atoms with Crippen molar-refractivity contribution in [2.45, 2.75) is 5.16 Å². The van der Waals surface area contributed by atoms with Crippen LogP contribution < -0.4 is 5.32 Å². The molecule has 0 spiro atoms. The molecule has 0 aliphatic carbocycles. The maximum Gasteiger partial charge on any atom is 0.235 e. The molecule has 0 aliphatic heterocycles. The lowest BCUT2D eigenvalue weighted by Crippen LogP contribution is -2.16. The number of nitrogens with zero attached hydrogens (tertiary/aromatic N) is 3. The first-order valence-corrected chi connectivity index (χ1v) is 10.6. The van der Waals surface area contributed by atoms with Gasteiger partial charge >= 0.3 is 0 Å². The summed E-state index contributed by atoms with van der Waals surface area (Å²) in [6, 6.07) is 16.2. The minimum Gasteiger partial charge on any atom is -0.320 e. The highest BCUT2D eigenvalue weighted by Crippen LogP contribution is 2.32. The summed E-state index contributed by atoms with van der Waals surface area (Å²) in [6.07, 6.45) is 0. The van der Waals surface area contributed by atoms with Crippen LogP contribution in [0, 0.1) is 17.5 Å². The average Bonchev–Trinajstić information content (AvgIpc) is 3.19. The summed E-state index contributed by atoms with van der Waals surface area (Å²) < 4.78 is 43.6. The van der Waals surface area contributed by atoms with E-state index in [1.807, 2.05) is 0 Å². The SMILES string of the molecule is O=C(CSc1nnc(-c2ccccc2Cl)n1-c1ccccc1F)Nc1c(F)cccc1F. The number of hydrogen-bond acceptors (Lipinski definition) is 4. The van der Waals surface area contributed by atoms with Crippen molar-refractivity contribution < 1.29 is 18.0 Å². The molecule has 32 heavy (non-hydrogen) atoms. The van der Waals surface area contributed by atoms with Crippen LogP contribution in [0.2, 0.25) is 5.02 Å². The van der Waals surface area contributed by atoms with Gasteiger partial charge in [0.15, 0.2) is 11.0 Å². The summed E-state index contributed by atoms with van der Waals surface area (Å²) in [5.41, 5.74) is 0.149. The lowest BCUT2D eigenvalue weighted by molar-refractivity contribution is -0.113. The van der Waals surface area contributed by atoms with Gasteiger partial charge in [0, 0.05) is 5.56 Å². The fourth-order valence-corrected chi connectivity index (χ4v) is 3.92. The third-order valence-electron chi connectivity index (χ3n) is 4.40. The number of rotatable bonds is 6. The lowest BCUT2D eigenvalue weighted by Gasteiger charge is -2.12. The van der Waals surface area contributed by atoms with E-state index in [2.05, 4.69) is 15.5 Å². The Bertz CT molecular complexity index is 1280. The Labute approximate surface area is 190 Å². The zero-order valence-electron chi connectivity index (χ0n) is 16.2. The Hall–Kier alpha value is -3.30. The Morgan fingerprint density at radius 2 is 1.56 bits per heavy atom. The highest BCUT2D eigenvalue weighted by molar-refractivity contribution is 7.99. The molecule has 4 aromatic rings. The number of thioether (sulfide) groups is 1. The maximum absolute atomic E-state index is 14.6. The van der Waals surface area contributed by atoms with Gasteiger partial charge < -0.3 is 5.32 Å². The summed E-state index contributed by atoms with van der Waals surface area (Å²) in [6.45, 7) is 0. The van der Waals surface area contributed by atoms with Crippen LogP contribution in [0.3, 0.4) is 0 Å². The Morgan fingerprint density at radius 1 is 0.906 bits per heavy atom. The number of benzene rings is 3. The van der Waals surface area contributed by atoms with Crippen LogP contribution in [-0.2, 0) is 4.79 Å². The first-order valence-electron chi connectivity index (χ1n) is 9.27. The van der Waals surface area contributed by atoms with E-state index in [0.717, 1.165) is 23.9 Å². The van der Waals surface area contributed by atoms with E-state index >= 15 is 0 Å². The van der Waals surface area contributed by atoms with Gasteiger partial charge in [0.2, 0.25) is 5.91 Å². The quantitative estimate of drug-likeness (QED) is 0.362. The number of para-hydroxylation sites is 2. The molecule has 0 unspecified atom stereocenters. The van der Waals surface area contributed by atoms with Crippen LogP contribution in [-0.4, -0.2) is 26.4 Å². The highest BCUT2D eigenvalue weighted by Gasteiger charge is 2.21. The smallest absolute Gasteiger partial charge is 0.235 e. The largest absolute Gasteiger partial charge is 0.320 e. The number of carbonyl (C=O) groups excluding carboxylic acids is 1. The predicted molar refractivity (Wildman–Crippen MR) is 117 cm³/mol. The summed E-state index contributed by atoms with van der Waals surface area (Å²) >= 11 is 7.23. The van der Waals surface area contributed by atoms with Gasteiger partial charge in [0.25, 0.3) is 0 Å². The molecule has 4 rings (SSSR count). The van der Waals surface area contributed by atoms with Gasteiger partial charge in [-0.2, -0.15) is 0 Å². The maximum atomic E-state index is 14.6. The second-order valence-electron chi connectivity index (χ2n) is 6.51. The molecular weight excluding hydrogens is 461 g/mol. The number of halogens is 4. The van der Waals surface area contributed by atoms with Crippen molar-refractivity contribution in [3.05, 3.63) is 89.2 Å². The second kappa shape index (κ2) is 9.46. The van der Waals surface area contributed by atoms with E-state index in [1.54, 1.807) is 36.4 Å². The van der Waals surface area contributed by atoms with Crippen LogP contribution in [0.4, 0.5) is 18.9 Å². The first kappa shape index (κ1) is 21.9. The molecule has 10 heteroatoms. The Kier molecular flexibility index (Phi) is 6.48. The molecule has 1 amide bonds. The van der Waals surface area contributed by atoms with E-state index in [-0.39, 0.29) is 22.4 Å². The topological polar surface area (TPSA) is 59.8 Å². The van der Waals surface area contributed by atoms with E-state index in [9.17, 15) is 18.0 Å². The molecule has 0 bridgehead atoms. The molecule has 0 radical (unpaired) electrons. The van der Waals surface area contributed by atoms with Gasteiger partial charge in [0.1, 0.15) is 23.1 Å². The van der Waals surface area contributed by atoms with Crippen LogP contribution in [0.25, 0.3) is 17.1 Å². The molecule has 0 fully saturated rings. The Morgan fingerprint density at radius 3 is 2.28 bits per heavy atom. The van der Waals surface area contributed by atoms with Crippen molar-refractivity contribution in [1.82, 2.24) is 14.8 Å². The predicted octanol–water partition coefficient (Wildman–Crippen LogP) is 5.74. The third-order valence-corrected chi connectivity index (χ3v) is 5.66. The van der Waals surface area contributed by atoms with Gasteiger partial charge in [-0.05, 0) is 36.4 Å². The van der Waals surface area contributed by atoms with E-state index in [4.69, 9.17) is 11.6 Å². The molecule has 5 nitrogen and oxygen atoms in total. The molecule has 162 valence electrons. The number of anilines is 1. The highest BCUT2D eigenvalue weighted by atomic mass is 35.5. The standard InChI is InChI=1S/C22H14ClF3N4OS/c23-14-7-2-1-6-13(14)21-28-29-22(30(21)18-11-4-3-8-15(18)24)32-12-19(31)27-20-16(25)9-5-10-17(20)26/h1-11H,12H2,(H,27,31). The zero-order chi connectivity index (χ0) is 22.7. The second-order valence-corrected chi connectivity index (χ2v) is 7.86. The van der Waals surface area contributed by atoms with Crippen molar-refractivity contribution in [3.63, 3.8) is 0 Å². The summed E-state index contributed by atoms with van der Waals surface area (Å²) in [5.74, 6) is -2.94. The average molecular weight is 475 g/mol. The van der Waals surface area contributed by atoms with Crippen LogP contribution in [0.1, 0.15) is 0 Å². The minimum absolute atomic E-state index is 0.162. The van der Waals surface area contributed by atoms with Crippen LogP contribution >= 0.6 is 23.4 Å². The summed E-state index contributed by atoms with van der Waals surface area (Å²) in [4.78, 5) is 12.3. The van der Waals surface area contributed by atoms with Crippen molar-refractivity contribution in [1.29, 1.82) is 0 Å². The number of carbonyl (C=O) groups is 1. The summed E-state index contributed by atoms with van der Waals surface area (Å²) in [5, 5.41) is 11.0. The normalized spacial score (nSPS) is 10.9. The van der Waals surface area contributed by atoms with Crippen molar-refractivity contribution in [3.8, 4) is 17.1 Å². The van der Waals surface area contributed by atoms with E-state index < -0.39 is 29.0 Å². The van der Waals surface area contributed by atoms with Crippen LogP contribution in [0.15, 0.2) is 71.9 Å². The first-order chi connectivity index (χ1) is 15.5. The van der Waals surface area contributed by atoms with Crippen molar-refractivity contribution in [2.24, 2.45) is 0 Å². The fourth-order valence-electron chi connectivity index (χ4n) is 2.95. The molecule has 3 aromatic carbocycles. The van der Waals surface area contributed by atoms with Gasteiger partial charge in [-0.1, -0.05) is 53.7 Å². The molecule has 0 atom stereocenters. The number of nitrogens with one attached hydrogen (secondary N) is 1. The molecular formula is C22H14ClF3N4OS. The fraction of sp³-hybridized carbons (Fsp3) is 0.0455. The molecule has 1 N–H and O–H groups in total.